The number of fused-ring (bicyclic) bond motifs is 1. The summed E-state index contributed by atoms with van der Waals surface area (Å²) in [7, 11) is 0. The lowest BCUT2D eigenvalue weighted by Crippen LogP contribution is -2.47. The van der Waals surface area contributed by atoms with E-state index in [1.165, 1.54) is 5.69 Å². The average molecular weight is 311 g/mol. The molecule has 0 spiro atoms. The zero-order valence-corrected chi connectivity index (χ0v) is 13.1. The van der Waals surface area contributed by atoms with E-state index in [0.717, 1.165) is 68.3 Å². The Bertz CT molecular complexity index is 760. The highest BCUT2D eigenvalue weighted by Gasteiger charge is 2.22. The lowest BCUT2D eigenvalue weighted by atomic mass is 10.2. The van der Waals surface area contributed by atoms with E-state index < -0.39 is 0 Å². The van der Waals surface area contributed by atoms with E-state index in [0.29, 0.717) is 0 Å². The molecule has 0 atom stereocenters. The molecule has 1 fully saturated rings. The first-order valence-electron chi connectivity index (χ1n) is 8.18. The fraction of sp³-hybridized carbons (Fsp3) is 0.412. The summed E-state index contributed by atoms with van der Waals surface area (Å²) in [5, 5.41) is 0. The topological polar surface area (TPSA) is 78.2 Å². The molecule has 1 aliphatic carbocycles. The Morgan fingerprint density at radius 3 is 2.43 bits per heavy atom. The molecule has 1 aromatic carbocycles. The normalized spacial score (nSPS) is 17.4. The van der Waals surface area contributed by atoms with E-state index in [-0.39, 0.29) is 5.56 Å². The number of rotatable bonds is 2. The first kappa shape index (κ1) is 14.1. The molecular weight excluding hydrogens is 290 g/mol. The second-order valence-corrected chi connectivity index (χ2v) is 6.23. The summed E-state index contributed by atoms with van der Waals surface area (Å²) in [6.07, 6.45) is 2.83. The first-order valence-corrected chi connectivity index (χ1v) is 8.18. The number of nitrogens with one attached hydrogen (secondary N) is 1. The molecule has 0 unspecified atom stereocenters. The summed E-state index contributed by atoms with van der Waals surface area (Å²) in [5.74, 6) is 0.729. The van der Waals surface area contributed by atoms with Crippen LogP contribution in [0.1, 0.15) is 17.7 Å². The monoisotopic (exact) mass is 311 g/mol. The second-order valence-electron chi connectivity index (χ2n) is 6.23. The van der Waals surface area contributed by atoms with E-state index in [9.17, 15) is 4.79 Å². The fourth-order valence-corrected chi connectivity index (χ4v) is 3.44. The van der Waals surface area contributed by atoms with E-state index in [1.54, 1.807) is 0 Å². The van der Waals surface area contributed by atoms with Crippen LogP contribution in [0.15, 0.2) is 29.1 Å². The summed E-state index contributed by atoms with van der Waals surface area (Å²) < 4.78 is 0. The standard InChI is InChI=1S/C17H21N5O/c18-12-4-6-13(7-5-12)21-8-10-22(11-9-21)17-19-15-3-1-2-14(15)16(23)20-17/h4-7H,1-3,8-11,18H2,(H,19,20,23). The predicted molar refractivity (Wildman–Crippen MR) is 92.2 cm³/mol. The van der Waals surface area contributed by atoms with Gasteiger partial charge in [-0.15, -0.1) is 0 Å². The predicted octanol–water partition coefficient (Wildman–Crippen LogP) is 1.17. The lowest BCUT2D eigenvalue weighted by Gasteiger charge is -2.36. The van der Waals surface area contributed by atoms with Gasteiger partial charge in [-0.3, -0.25) is 9.78 Å². The van der Waals surface area contributed by atoms with Crippen molar-refractivity contribution in [1.82, 2.24) is 9.97 Å². The molecule has 0 amide bonds. The van der Waals surface area contributed by atoms with Gasteiger partial charge in [-0.05, 0) is 43.5 Å². The molecular formula is C17H21N5O. The third-order valence-electron chi connectivity index (χ3n) is 4.77. The van der Waals surface area contributed by atoms with Gasteiger partial charge in [0.2, 0.25) is 5.95 Å². The van der Waals surface area contributed by atoms with Crippen molar-refractivity contribution in [2.45, 2.75) is 19.3 Å². The molecule has 6 heteroatoms. The fourth-order valence-electron chi connectivity index (χ4n) is 3.44. The number of benzene rings is 1. The van der Waals surface area contributed by atoms with Gasteiger partial charge in [-0.25, -0.2) is 4.98 Å². The Hall–Kier alpha value is -2.50. The summed E-state index contributed by atoms with van der Waals surface area (Å²) in [6, 6.07) is 7.98. The molecule has 0 bridgehead atoms. The molecule has 2 aromatic rings. The van der Waals surface area contributed by atoms with Crippen molar-refractivity contribution in [3.63, 3.8) is 0 Å². The van der Waals surface area contributed by atoms with Gasteiger partial charge in [0.25, 0.3) is 5.56 Å². The van der Waals surface area contributed by atoms with Crippen molar-refractivity contribution in [1.29, 1.82) is 0 Å². The maximum atomic E-state index is 12.1. The number of hydrogen-bond acceptors (Lipinski definition) is 5. The van der Waals surface area contributed by atoms with Gasteiger partial charge in [0.1, 0.15) is 0 Å². The first-order chi connectivity index (χ1) is 11.2. The number of aryl methyl sites for hydroxylation is 1. The summed E-state index contributed by atoms with van der Waals surface area (Å²) in [5.41, 5.74) is 9.64. The third kappa shape index (κ3) is 2.65. The Morgan fingerprint density at radius 2 is 1.70 bits per heavy atom. The van der Waals surface area contributed by atoms with E-state index in [2.05, 4.69) is 31.9 Å². The molecule has 2 aliphatic rings. The van der Waals surface area contributed by atoms with E-state index in [1.807, 2.05) is 12.1 Å². The number of nitrogens with zero attached hydrogens (tertiary/aromatic N) is 3. The van der Waals surface area contributed by atoms with Crippen LogP contribution in [0.5, 0.6) is 0 Å². The van der Waals surface area contributed by atoms with Gasteiger partial charge in [0.05, 0.1) is 5.69 Å². The number of nitrogens with two attached hydrogens (primary N) is 1. The zero-order valence-electron chi connectivity index (χ0n) is 13.1. The van der Waals surface area contributed by atoms with Crippen LogP contribution in [0.25, 0.3) is 0 Å². The molecule has 3 N–H and O–H groups in total. The summed E-state index contributed by atoms with van der Waals surface area (Å²) >= 11 is 0. The SMILES string of the molecule is Nc1ccc(N2CCN(c3nc4c(c(=O)[nH]3)CCC4)CC2)cc1. The zero-order chi connectivity index (χ0) is 15.8. The van der Waals surface area contributed by atoms with Crippen LogP contribution in [0.2, 0.25) is 0 Å². The highest BCUT2D eigenvalue weighted by atomic mass is 16.1. The highest BCUT2D eigenvalue weighted by Crippen LogP contribution is 2.21. The van der Waals surface area contributed by atoms with Crippen molar-refractivity contribution in [2.24, 2.45) is 0 Å². The van der Waals surface area contributed by atoms with Gasteiger partial charge in [0.15, 0.2) is 0 Å². The molecule has 0 radical (unpaired) electrons. The molecule has 23 heavy (non-hydrogen) atoms. The molecule has 2 heterocycles. The largest absolute Gasteiger partial charge is 0.399 e. The van der Waals surface area contributed by atoms with Gasteiger partial charge in [0, 0.05) is 43.1 Å². The van der Waals surface area contributed by atoms with Crippen molar-refractivity contribution < 1.29 is 0 Å². The average Bonchev–Trinajstić information content (AvgIpc) is 3.05. The molecule has 1 aromatic heterocycles. The Labute approximate surface area is 134 Å². The number of hydrogen-bond donors (Lipinski definition) is 2. The number of nitrogen functional groups attached to an aromatic ring is 1. The van der Waals surface area contributed by atoms with Crippen LogP contribution in [0, 0.1) is 0 Å². The maximum absolute atomic E-state index is 12.1. The van der Waals surface area contributed by atoms with Crippen molar-refractivity contribution >= 4 is 17.3 Å². The quantitative estimate of drug-likeness (QED) is 0.814. The highest BCUT2D eigenvalue weighted by molar-refractivity contribution is 5.54. The number of aromatic amines is 1. The van der Waals surface area contributed by atoms with Crippen molar-refractivity contribution in [3.05, 3.63) is 45.9 Å². The molecule has 0 saturated carbocycles. The molecule has 120 valence electrons. The lowest BCUT2D eigenvalue weighted by molar-refractivity contribution is 0.637. The van der Waals surface area contributed by atoms with Crippen LogP contribution in [0.3, 0.4) is 0 Å². The van der Waals surface area contributed by atoms with Crippen molar-refractivity contribution in [2.75, 3.05) is 41.7 Å². The van der Waals surface area contributed by atoms with Crippen molar-refractivity contribution in [3.8, 4) is 0 Å². The van der Waals surface area contributed by atoms with E-state index in [4.69, 9.17) is 5.73 Å². The maximum Gasteiger partial charge on any atom is 0.255 e. The number of piperazine rings is 1. The summed E-state index contributed by atoms with van der Waals surface area (Å²) in [4.78, 5) is 24.3. The molecule has 1 saturated heterocycles. The van der Waals surface area contributed by atoms with Gasteiger partial charge in [-0.1, -0.05) is 0 Å². The van der Waals surface area contributed by atoms with Crippen LogP contribution in [0.4, 0.5) is 17.3 Å². The Kier molecular flexibility index (Phi) is 3.44. The minimum atomic E-state index is 0.0449. The van der Waals surface area contributed by atoms with Gasteiger partial charge < -0.3 is 15.5 Å². The van der Waals surface area contributed by atoms with E-state index >= 15 is 0 Å². The van der Waals surface area contributed by atoms with Crippen LogP contribution in [-0.2, 0) is 12.8 Å². The smallest absolute Gasteiger partial charge is 0.255 e. The third-order valence-corrected chi connectivity index (χ3v) is 4.77. The minimum Gasteiger partial charge on any atom is -0.399 e. The summed E-state index contributed by atoms with van der Waals surface area (Å²) in [6.45, 7) is 3.52. The number of anilines is 3. The van der Waals surface area contributed by atoms with Crippen LogP contribution < -0.4 is 21.1 Å². The molecule has 1 aliphatic heterocycles. The molecule has 6 nitrogen and oxygen atoms in total. The number of aromatic nitrogens is 2. The van der Waals surface area contributed by atoms with Gasteiger partial charge >= 0.3 is 0 Å². The minimum absolute atomic E-state index is 0.0449. The molecule has 4 rings (SSSR count). The Balaban J connectivity index is 1.48. The number of H-pyrrole nitrogens is 1. The van der Waals surface area contributed by atoms with Gasteiger partial charge in [-0.2, -0.15) is 0 Å². The van der Waals surface area contributed by atoms with Crippen LogP contribution >= 0.6 is 0 Å². The Morgan fingerprint density at radius 1 is 1.00 bits per heavy atom. The second kappa shape index (κ2) is 5.61. The van der Waals surface area contributed by atoms with Crippen LogP contribution in [-0.4, -0.2) is 36.1 Å².